The summed E-state index contributed by atoms with van der Waals surface area (Å²) in [4.78, 5) is 12.4. The number of benzene rings is 1. The van der Waals surface area contributed by atoms with Crippen LogP contribution in [-0.2, 0) is 4.74 Å². The molecule has 110 valence electrons. The first-order valence-corrected chi connectivity index (χ1v) is 7.60. The van der Waals surface area contributed by atoms with Crippen molar-refractivity contribution in [2.45, 2.75) is 59.0 Å². The molecule has 2 rings (SSSR count). The lowest BCUT2D eigenvalue weighted by Crippen LogP contribution is -2.30. The van der Waals surface area contributed by atoms with Gasteiger partial charge in [-0.25, -0.2) is 4.79 Å². The molecule has 0 spiro atoms. The lowest BCUT2D eigenvalue weighted by Gasteiger charge is -2.30. The van der Waals surface area contributed by atoms with Crippen LogP contribution in [0.5, 0.6) is 0 Å². The second-order valence-corrected chi connectivity index (χ2v) is 5.94. The molecule has 0 heterocycles. The maximum Gasteiger partial charge on any atom is 0.340 e. The Morgan fingerprint density at radius 1 is 1.30 bits per heavy atom. The summed E-state index contributed by atoms with van der Waals surface area (Å²) in [6.07, 6.45) is 5.67. The Hall–Kier alpha value is -1.51. The minimum absolute atomic E-state index is 0.0569. The normalized spacial score (nSPS) is 22.6. The van der Waals surface area contributed by atoms with Gasteiger partial charge in [0.15, 0.2) is 0 Å². The van der Waals surface area contributed by atoms with Gasteiger partial charge in [-0.15, -0.1) is 0 Å². The molecule has 0 amide bonds. The first-order valence-electron chi connectivity index (χ1n) is 7.60. The number of anilines is 1. The summed E-state index contributed by atoms with van der Waals surface area (Å²) in [5.74, 6) is 0.236. The number of nitrogens with two attached hydrogens (primary N) is 1. The smallest absolute Gasteiger partial charge is 0.340 e. The second-order valence-electron chi connectivity index (χ2n) is 5.94. The zero-order valence-electron chi connectivity index (χ0n) is 12.7. The number of esters is 1. The van der Waals surface area contributed by atoms with Gasteiger partial charge in [-0.3, -0.25) is 0 Å². The van der Waals surface area contributed by atoms with Crippen LogP contribution >= 0.6 is 0 Å². The van der Waals surface area contributed by atoms with E-state index in [-0.39, 0.29) is 12.1 Å². The van der Waals surface area contributed by atoms with Crippen LogP contribution in [-0.4, -0.2) is 12.1 Å². The lowest BCUT2D eigenvalue weighted by atomic mass is 9.85. The Labute approximate surface area is 121 Å². The van der Waals surface area contributed by atoms with E-state index in [2.05, 4.69) is 6.92 Å². The van der Waals surface area contributed by atoms with Gasteiger partial charge in [0.1, 0.15) is 6.10 Å². The van der Waals surface area contributed by atoms with E-state index < -0.39 is 0 Å². The predicted molar refractivity (Wildman–Crippen MR) is 81.8 cm³/mol. The van der Waals surface area contributed by atoms with Gasteiger partial charge in [0.05, 0.1) is 5.56 Å². The molecule has 1 aromatic rings. The molecule has 1 fully saturated rings. The van der Waals surface area contributed by atoms with E-state index in [4.69, 9.17) is 10.5 Å². The fourth-order valence-corrected chi connectivity index (χ4v) is 3.14. The van der Waals surface area contributed by atoms with Crippen molar-refractivity contribution in [2.75, 3.05) is 5.73 Å². The van der Waals surface area contributed by atoms with Crippen LogP contribution < -0.4 is 5.73 Å². The average Bonchev–Trinajstić information content (AvgIpc) is 2.43. The summed E-state index contributed by atoms with van der Waals surface area (Å²) in [6, 6.07) is 3.82. The van der Waals surface area contributed by atoms with Gasteiger partial charge in [0.2, 0.25) is 0 Å². The summed E-state index contributed by atoms with van der Waals surface area (Å²) in [6.45, 7) is 6.06. The van der Waals surface area contributed by atoms with Crippen LogP contribution in [0.1, 0.15) is 60.5 Å². The standard InChI is InChI=1S/C17H25NO2/c1-4-13-7-5-6-8-15(13)20-17(19)14-10-11(2)9-12(3)16(14)18/h9-10,13,15H,4-8,18H2,1-3H3. The molecule has 20 heavy (non-hydrogen) atoms. The minimum atomic E-state index is -0.264. The van der Waals surface area contributed by atoms with Gasteiger partial charge >= 0.3 is 5.97 Å². The Morgan fingerprint density at radius 3 is 2.70 bits per heavy atom. The molecule has 0 aliphatic heterocycles. The van der Waals surface area contributed by atoms with Crippen LogP contribution in [0.2, 0.25) is 0 Å². The van der Waals surface area contributed by atoms with Gasteiger partial charge in [-0.2, -0.15) is 0 Å². The lowest BCUT2D eigenvalue weighted by molar-refractivity contribution is 0.000804. The number of rotatable bonds is 3. The Kier molecular flexibility index (Phi) is 4.69. The fraction of sp³-hybridized carbons (Fsp3) is 0.588. The van der Waals surface area contributed by atoms with Crippen LogP contribution in [0.15, 0.2) is 12.1 Å². The zero-order valence-corrected chi connectivity index (χ0v) is 12.7. The third-order valence-electron chi connectivity index (χ3n) is 4.37. The molecule has 2 atom stereocenters. The number of hydrogen-bond acceptors (Lipinski definition) is 3. The number of carbonyl (C=O) groups is 1. The SMILES string of the molecule is CCC1CCCCC1OC(=O)c1cc(C)cc(C)c1N. The van der Waals surface area contributed by atoms with E-state index in [9.17, 15) is 4.79 Å². The first-order chi connectivity index (χ1) is 9.52. The molecule has 0 radical (unpaired) electrons. The zero-order chi connectivity index (χ0) is 14.7. The third-order valence-corrected chi connectivity index (χ3v) is 4.37. The van der Waals surface area contributed by atoms with Crippen molar-refractivity contribution in [1.82, 2.24) is 0 Å². The van der Waals surface area contributed by atoms with Crippen LogP contribution in [0.25, 0.3) is 0 Å². The predicted octanol–water partition coefficient (Wildman–Crippen LogP) is 4.01. The molecule has 3 heteroatoms. The number of nitrogen functional groups attached to an aromatic ring is 1. The molecule has 0 bridgehead atoms. The Bertz CT molecular complexity index is 496. The van der Waals surface area contributed by atoms with E-state index >= 15 is 0 Å². The summed E-state index contributed by atoms with van der Waals surface area (Å²) >= 11 is 0. The quantitative estimate of drug-likeness (QED) is 0.669. The van der Waals surface area contributed by atoms with Crippen molar-refractivity contribution < 1.29 is 9.53 Å². The van der Waals surface area contributed by atoms with Crippen molar-refractivity contribution in [3.8, 4) is 0 Å². The van der Waals surface area contributed by atoms with Crippen LogP contribution in [0, 0.1) is 19.8 Å². The molecular weight excluding hydrogens is 250 g/mol. The van der Waals surface area contributed by atoms with Crippen molar-refractivity contribution >= 4 is 11.7 Å². The number of aryl methyl sites for hydroxylation is 2. The van der Waals surface area contributed by atoms with Crippen molar-refractivity contribution in [1.29, 1.82) is 0 Å². The maximum absolute atomic E-state index is 12.4. The van der Waals surface area contributed by atoms with E-state index in [1.54, 1.807) is 0 Å². The van der Waals surface area contributed by atoms with Gasteiger partial charge in [0, 0.05) is 5.69 Å². The molecule has 2 unspecified atom stereocenters. The van der Waals surface area contributed by atoms with Gasteiger partial charge in [-0.05, 0) is 62.6 Å². The molecule has 2 N–H and O–H groups in total. The molecule has 1 aliphatic carbocycles. The number of hydrogen-bond donors (Lipinski definition) is 1. The highest BCUT2D eigenvalue weighted by Crippen LogP contribution is 2.30. The van der Waals surface area contributed by atoms with E-state index in [0.717, 1.165) is 36.8 Å². The largest absolute Gasteiger partial charge is 0.458 e. The van der Waals surface area contributed by atoms with Gasteiger partial charge in [-0.1, -0.05) is 19.4 Å². The monoisotopic (exact) mass is 275 g/mol. The molecule has 1 aromatic carbocycles. The van der Waals surface area contributed by atoms with Gasteiger partial charge in [0.25, 0.3) is 0 Å². The number of carbonyl (C=O) groups excluding carboxylic acids is 1. The highest BCUT2D eigenvalue weighted by Gasteiger charge is 2.28. The topological polar surface area (TPSA) is 52.3 Å². The van der Waals surface area contributed by atoms with Crippen LogP contribution in [0.4, 0.5) is 5.69 Å². The molecular formula is C17H25NO2. The summed E-state index contributed by atoms with van der Waals surface area (Å²) in [5, 5.41) is 0. The van der Waals surface area contributed by atoms with Crippen molar-refractivity contribution in [3.05, 3.63) is 28.8 Å². The summed E-state index contributed by atoms with van der Waals surface area (Å²) < 4.78 is 5.75. The van der Waals surface area contributed by atoms with E-state index in [0.29, 0.717) is 17.2 Å². The summed E-state index contributed by atoms with van der Waals surface area (Å²) in [5.41, 5.74) is 9.06. The average molecular weight is 275 g/mol. The highest BCUT2D eigenvalue weighted by molar-refractivity contribution is 5.96. The molecule has 1 aliphatic rings. The fourth-order valence-electron chi connectivity index (χ4n) is 3.14. The Balaban J connectivity index is 2.15. The third kappa shape index (κ3) is 3.14. The summed E-state index contributed by atoms with van der Waals surface area (Å²) in [7, 11) is 0. The van der Waals surface area contributed by atoms with Crippen molar-refractivity contribution in [2.24, 2.45) is 5.92 Å². The Morgan fingerprint density at radius 2 is 2.00 bits per heavy atom. The number of ether oxygens (including phenoxy) is 1. The van der Waals surface area contributed by atoms with Crippen molar-refractivity contribution in [3.63, 3.8) is 0 Å². The van der Waals surface area contributed by atoms with Crippen LogP contribution in [0.3, 0.4) is 0 Å². The molecule has 3 nitrogen and oxygen atoms in total. The minimum Gasteiger partial charge on any atom is -0.458 e. The molecule has 0 saturated heterocycles. The first kappa shape index (κ1) is 14.9. The molecule has 0 aromatic heterocycles. The van der Waals surface area contributed by atoms with E-state index in [1.807, 2.05) is 26.0 Å². The van der Waals surface area contributed by atoms with Gasteiger partial charge < -0.3 is 10.5 Å². The highest BCUT2D eigenvalue weighted by atomic mass is 16.5. The molecule has 1 saturated carbocycles. The second kappa shape index (κ2) is 6.29. The van der Waals surface area contributed by atoms with E-state index in [1.165, 1.54) is 6.42 Å². The maximum atomic E-state index is 12.4.